The molecule has 2 heterocycles. The Morgan fingerprint density at radius 3 is 2.46 bits per heavy atom. The molecule has 0 bridgehead atoms. The molecule has 2 aromatic carbocycles. The molecule has 0 aliphatic heterocycles. The lowest BCUT2D eigenvalue weighted by Crippen LogP contribution is -2.25. The molecular formula is C23H22N4O. The van der Waals surface area contributed by atoms with E-state index >= 15 is 0 Å². The molecule has 1 N–H and O–H groups in total. The van der Waals surface area contributed by atoms with Gasteiger partial charge in [-0.15, -0.1) is 0 Å². The Bertz CT molecular complexity index is 1150. The van der Waals surface area contributed by atoms with E-state index in [-0.39, 0.29) is 5.56 Å². The summed E-state index contributed by atoms with van der Waals surface area (Å²) in [6, 6.07) is 19.8. The van der Waals surface area contributed by atoms with Crippen molar-refractivity contribution < 1.29 is 0 Å². The third kappa shape index (κ3) is 3.64. The van der Waals surface area contributed by atoms with Crippen LogP contribution in [-0.4, -0.2) is 14.5 Å². The number of hydrogen-bond donors (Lipinski definition) is 1. The van der Waals surface area contributed by atoms with Gasteiger partial charge in [0.25, 0.3) is 5.56 Å². The fraction of sp³-hybridized carbons (Fsp3) is 0.174. The third-order valence-electron chi connectivity index (χ3n) is 4.77. The van der Waals surface area contributed by atoms with Crippen molar-refractivity contribution in [2.24, 2.45) is 0 Å². The van der Waals surface area contributed by atoms with E-state index in [0.29, 0.717) is 18.3 Å². The highest BCUT2D eigenvalue weighted by Gasteiger charge is 2.12. The summed E-state index contributed by atoms with van der Waals surface area (Å²) < 4.78 is 1.72. The Hall–Kier alpha value is -3.47. The van der Waals surface area contributed by atoms with Crippen LogP contribution in [0.15, 0.2) is 77.9 Å². The summed E-state index contributed by atoms with van der Waals surface area (Å²) in [4.78, 5) is 21.9. The van der Waals surface area contributed by atoms with Crippen molar-refractivity contribution in [3.63, 3.8) is 0 Å². The summed E-state index contributed by atoms with van der Waals surface area (Å²) in [6.45, 7) is 4.78. The van der Waals surface area contributed by atoms with Crippen LogP contribution in [0.5, 0.6) is 0 Å². The van der Waals surface area contributed by atoms with Gasteiger partial charge in [-0.05, 0) is 35.2 Å². The third-order valence-corrected chi connectivity index (χ3v) is 4.77. The quantitative estimate of drug-likeness (QED) is 0.553. The van der Waals surface area contributed by atoms with Crippen LogP contribution in [0.2, 0.25) is 0 Å². The number of hydrogen-bond acceptors (Lipinski definition) is 4. The summed E-state index contributed by atoms with van der Waals surface area (Å²) >= 11 is 0. The van der Waals surface area contributed by atoms with Crippen LogP contribution in [0.3, 0.4) is 0 Å². The lowest BCUT2D eigenvalue weighted by atomic mass is 10.0. The molecule has 0 aliphatic carbocycles. The number of rotatable bonds is 5. The van der Waals surface area contributed by atoms with Crippen molar-refractivity contribution in [2.75, 3.05) is 5.32 Å². The molecule has 0 amide bonds. The van der Waals surface area contributed by atoms with Crippen molar-refractivity contribution in [1.82, 2.24) is 14.5 Å². The number of benzene rings is 2. The minimum absolute atomic E-state index is 0.169. The monoisotopic (exact) mass is 370 g/mol. The second-order valence-corrected chi connectivity index (χ2v) is 7.10. The first-order valence-electron chi connectivity index (χ1n) is 9.37. The predicted octanol–water partition coefficient (Wildman–Crippen LogP) is 4.71. The van der Waals surface area contributed by atoms with Crippen molar-refractivity contribution in [3.05, 3.63) is 94.5 Å². The van der Waals surface area contributed by atoms with Gasteiger partial charge in [-0.3, -0.25) is 14.3 Å². The molecule has 0 unspecified atom stereocenters. The molecule has 5 nitrogen and oxygen atoms in total. The van der Waals surface area contributed by atoms with Crippen LogP contribution in [0.4, 0.5) is 11.5 Å². The van der Waals surface area contributed by atoms with Crippen LogP contribution in [0, 0.1) is 0 Å². The van der Waals surface area contributed by atoms with Gasteiger partial charge in [0.15, 0.2) is 5.82 Å². The molecule has 5 heteroatoms. The molecule has 2 aromatic heterocycles. The van der Waals surface area contributed by atoms with E-state index in [2.05, 4.69) is 41.3 Å². The van der Waals surface area contributed by atoms with Crippen molar-refractivity contribution in [1.29, 1.82) is 0 Å². The summed E-state index contributed by atoms with van der Waals surface area (Å²) in [7, 11) is 0. The maximum Gasteiger partial charge on any atom is 0.294 e. The topological polar surface area (TPSA) is 59.8 Å². The molecule has 0 radical (unpaired) electrons. The molecule has 0 aliphatic rings. The Labute approximate surface area is 163 Å². The van der Waals surface area contributed by atoms with Crippen molar-refractivity contribution >= 4 is 22.5 Å². The standard InChI is InChI=1S/C23H22N4O/c1-16(2)18-8-10-19(11-9-18)25-22-23(28)27(15-17-6-4-3-5-7-17)21-14-24-13-12-20(21)26-22/h3-14,16H,15H2,1-2H3,(H,25,26). The first kappa shape index (κ1) is 17.9. The second-order valence-electron chi connectivity index (χ2n) is 7.10. The Balaban J connectivity index is 1.76. The van der Waals surface area contributed by atoms with Crippen molar-refractivity contribution in [3.8, 4) is 0 Å². The fourth-order valence-corrected chi connectivity index (χ4v) is 3.18. The maximum atomic E-state index is 13.2. The van der Waals surface area contributed by atoms with E-state index in [4.69, 9.17) is 0 Å². The Morgan fingerprint density at radius 2 is 1.75 bits per heavy atom. The van der Waals surface area contributed by atoms with Gasteiger partial charge in [-0.2, -0.15) is 0 Å². The zero-order valence-electron chi connectivity index (χ0n) is 16.0. The van der Waals surface area contributed by atoms with Gasteiger partial charge in [0.05, 0.1) is 23.8 Å². The minimum Gasteiger partial charge on any atom is -0.336 e. The maximum absolute atomic E-state index is 13.2. The smallest absolute Gasteiger partial charge is 0.294 e. The van der Waals surface area contributed by atoms with Gasteiger partial charge in [-0.1, -0.05) is 56.3 Å². The lowest BCUT2D eigenvalue weighted by Gasteiger charge is -2.13. The van der Waals surface area contributed by atoms with Crippen LogP contribution < -0.4 is 10.9 Å². The summed E-state index contributed by atoms with van der Waals surface area (Å²) in [5.41, 5.74) is 4.42. The SMILES string of the molecule is CC(C)c1ccc(Nc2nc3ccncc3n(Cc3ccccc3)c2=O)cc1. The molecular weight excluding hydrogens is 348 g/mol. The molecule has 4 aromatic rings. The number of anilines is 2. The van der Waals surface area contributed by atoms with Crippen molar-refractivity contribution in [2.45, 2.75) is 26.3 Å². The highest BCUT2D eigenvalue weighted by Crippen LogP contribution is 2.20. The van der Waals surface area contributed by atoms with Gasteiger partial charge < -0.3 is 5.32 Å². The van der Waals surface area contributed by atoms with Crippen LogP contribution in [0.25, 0.3) is 11.0 Å². The van der Waals surface area contributed by atoms with Gasteiger partial charge >= 0.3 is 0 Å². The van der Waals surface area contributed by atoms with E-state index < -0.39 is 0 Å². The average molecular weight is 370 g/mol. The first-order chi connectivity index (χ1) is 13.6. The Morgan fingerprint density at radius 1 is 1.00 bits per heavy atom. The van der Waals surface area contributed by atoms with Gasteiger partial charge in [0, 0.05) is 11.9 Å². The van der Waals surface area contributed by atoms with Gasteiger partial charge in [0.2, 0.25) is 0 Å². The highest BCUT2D eigenvalue weighted by molar-refractivity contribution is 5.76. The summed E-state index contributed by atoms with van der Waals surface area (Å²) in [5, 5.41) is 3.19. The molecule has 140 valence electrons. The van der Waals surface area contributed by atoms with Gasteiger partial charge in [-0.25, -0.2) is 4.98 Å². The zero-order valence-corrected chi connectivity index (χ0v) is 16.0. The van der Waals surface area contributed by atoms with E-state index in [1.165, 1.54) is 5.56 Å². The lowest BCUT2D eigenvalue weighted by molar-refractivity contribution is 0.788. The molecule has 28 heavy (non-hydrogen) atoms. The zero-order chi connectivity index (χ0) is 19.5. The number of fused-ring (bicyclic) bond motifs is 1. The molecule has 0 atom stereocenters. The average Bonchev–Trinajstić information content (AvgIpc) is 2.72. The summed E-state index contributed by atoms with van der Waals surface area (Å²) in [5.74, 6) is 0.773. The molecule has 0 fully saturated rings. The Kier molecular flexibility index (Phi) is 4.89. The molecule has 0 saturated heterocycles. The number of nitrogens with one attached hydrogen (secondary N) is 1. The molecule has 0 saturated carbocycles. The number of nitrogens with zero attached hydrogens (tertiary/aromatic N) is 3. The fourth-order valence-electron chi connectivity index (χ4n) is 3.18. The van der Waals surface area contributed by atoms with E-state index in [1.807, 2.05) is 48.5 Å². The van der Waals surface area contributed by atoms with Gasteiger partial charge in [0.1, 0.15) is 0 Å². The highest BCUT2D eigenvalue weighted by atomic mass is 16.1. The van der Waals surface area contributed by atoms with E-state index in [9.17, 15) is 4.79 Å². The van der Waals surface area contributed by atoms with Crippen LogP contribution in [-0.2, 0) is 6.54 Å². The summed E-state index contributed by atoms with van der Waals surface area (Å²) in [6.07, 6.45) is 3.38. The normalized spacial score (nSPS) is 11.1. The van der Waals surface area contributed by atoms with E-state index in [0.717, 1.165) is 22.3 Å². The largest absolute Gasteiger partial charge is 0.336 e. The number of pyridine rings is 1. The molecule has 4 rings (SSSR count). The number of aromatic nitrogens is 3. The second kappa shape index (κ2) is 7.64. The predicted molar refractivity (Wildman–Crippen MR) is 113 cm³/mol. The molecule has 0 spiro atoms. The van der Waals surface area contributed by atoms with E-state index in [1.54, 1.807) is 17.0 Å². The minimum atomic E-state index is -0.169. The van der Waals surface area contributed by atoms with Crippen LogP contribution >= 0.6 is 0 Å². The first-order valence-corrected chi connectivity index (χ1v) is 9.37. The van der Waals surface area contributed by atoms with Crippen LogP contribution in [0.1, 0.15) is 30.9 Å².